The fourth-order valence-electron chi connectivity index (χ4n) is 4.49. The van der Waals surface area contributed by atoms with E-state index in [9.17, 15) is 4.79 Å². The lowest BCUT2D eigenvalue weighted by Crippen LogP contribution is -2.37. The molecule has 0 N–H and O–H groups in total. The van der Waals surface area contributed by atoms with Crippen molar-refractivity contribution in [2.24, 2.45) is 5.92 Å². The van der Waals surface area contributed by atoms with E-state index < -0.39 is 8.07 Å². The number of ether oxygens (including phenoxy) is 2. The lowest BCUT2D eigenvalue weighted by atomic mass is 10.0. The molecule has 11 heteroatoms. The van der Waals surface area contributed by atoms with Gasteiger partial charge in [0.05, 0.1) is 12.2 Å². The molecule has 1 saturated heterocycles. The van der Waals surface area contributed by atoms with Gasteiger partial charge in [-0.1, -0.05) is 51.7 Å². The van der Waals surface area contributed by atoms with Gasteiger partial charge in [-0.3, -0.25) is 4.90 Å². The van der Waals surface area contributed by atoms with Crippen LogP contribution in [0.4, 0.5) is 10.6 Å². The molecule has 1 amide bonds. The van der Waals surface area contributed by atoms with Crippen LogP contribution in [0, 0.1) is 12.8 Å². The topological polar surface area (TPSA) is 99.7 Å². The van der Waals surface area contributed by atoms with Gasteiger partial charge < -0.3 is 9.47 Å². The molecule has 1 aliphatic rings. The molecule has 1 aromatic carbocycles. The fourth-order valence-corrected chi connectivity index (χ4v) is 5.24. The van der Waals surface area contributed by atoms with Crippen molar-refractivity contribution in [2.75, 3.05) is 18.1 Å². The molecule has 5 rings (SSSR count). The van der Waals surface area contributed by atoms with Crippen LogP contribution in [0.25, 0.3) is 28.2 Å². The molecule has 0 unspecified atom stereocenters. The minimum absolute atomic E-state index is 0.0524. The summed E-state index contributed by atoms with van der Waals surface area (Å²) in [5, 5.41) is 9.10. The number of carbonyl (C=O) groups is 1. The Kier molecular flexibility index (Phi) is 7.06. The number of rotatable bonds is 9. The Morgan fingerprint density at radius 3 is 2.74 bits per heavy atom. The summed E-state index contributed by atoms with van der Waals surface area (Å²) >= 11 is 0. The minimum Gasteiger partial charge on any atom is -0.447 e. The van der Waals surface area contributed by atoms with Gasteiger partial charge in [-0.15, -0.1) is 5.10 Å². The van der Waals surface area contributed by atoms with Gasteiger partial charge in [0.1, 0.15) is 25.5 Å². The highest BCUT2D eigenvalue weighted by molar-refractivity contribution is 6.76. The van der Waals surface area contributed by atoms with Crippen LogP contribution < -0.4 is 4.90 Å². The number of aryl methyl sites for hydroxylation is 1. The third-order valence-corrected chi connectivity index (χ3v) is 8.52. The van der Waals surface area contributed by atoms with E-state index in [0.29, 0.717) is 30.6 Å². The van der Waals surface area contributed by atoms with E-state index in [-0.39, 0.29) is 18.1 Å². The van der Waals surface area contributed by atoms with Crippen LogP contribution in [-0.4, -0.2) is 62.8 Å². The highest BCUT2D eigenvalue weighted by Gasteiger charge is 2.37. The number of hydrogen-bond donors (Lipinski definition) is 0. The zero-order chi connectivity index (χ0) is 27.0. The van der Waals surface area contributed by atoms with Crippen LogP contribution >= 0.6 is 0 Å². The third kappa shape index (κ3) is 5.34. The van der Waals surface area contributed by atoms with E-state index in [2.05, 4.69) is 54.7 Å². The average molecular weight is 534 g/mol. The number of amides is 1. The smallest absolute Gasteiger partial charge is 0.415 e. The van der Waals surface area contributed by atoms with Crippen LogP contribution in [-0.2, 0) is 16.2 Å². The minimum atomic E-state index is -1.12. The Morgan fingerprint density at radius 2 is 2.00 bits per heavy atom. The molecule has 4 aromatic rings. The lowest BCUT2D eigenvalue weighted by Gasteiger charge is -2.23. The van der Waals surface area contributed by atoms with Gasteiger partial charge in [-0.05, 0) is 36.1 Å². The number of benzene rings is 1. The molecule has 0 aliphatic carbocycles. The van der Waals surface area contributed by atoms with E-state index in [1.54, 1.807) is 32.7 Å². The van der Waals surface area contributed by atoms with Crippen molar-refractivity contribution in [3.05, 3.63) is 48.5 Å². The molecule has 0 saturated carbocycles. The maximum atomic E-state index is 12.5. The Morgan fingerprint density at radius 1 is 1.18 bits per heavy atom. The van der Waals surface area contributed by atoms with Crippen molar-refractivity contribution in [1.82, 2.24) is 29.4 Å². The largest absolute Gasteiger partial charge is 0.447 e. The summed E-state index contributed by atoms with van der Waals surface area (Å²) in [6.07, 6.45) is 4.97. The first-order valence-corrected chi connectivity index (χ1v) is 16.7. The molecule has 0 bridgehead atoms. The van der Waals surface area contributed by atoms with Crippen molar-refractivity contribution < 1.29 is 14.3 Å². The fraction of sp³-hybridized carbons (Fsp3) is 0.444. The molecular formula is C27H35N7O3Si. The zero-order valence-corrected chi connectivity index (χ0v) is 23.9. The number of aromatic nitrogens is 6. The molecule has 0 spiro atoms. The van der Waals surface area contributed by atoms with Crippen molar-refractivity contribution in [1.29, 1.82) is 0 Å². The molecule has 200 valence electrons. The number of fused-ring (bicyclic) bond motifs is 1. The summed E-state index contributed by atoms with van der Waals surface area (Å²) in [7, 11) is -1.12. The molecule has 3 aromatic heterocycles. The summed E-state index contributed by atoms with van der Waals surface area (Å²) in [4.78, 5) is 23.4. The molecule has 1 aliphatic heterocycles. The zero-order valence-electron chi connectivity index (χ0n) is 22.9. The predicted octanol–water partition coefficient (Wildman–Crippen LogP) is 5.26. The summed E-state index contributed by atoms with van der Waals surface area (Å²) in [5.74, 6) is 1.47. The maximum Gasteiger partial charge on any atom is 0.415 e. The van der Waals surface area contributed by atoms with Gasteiger partial charge in [0, 0.05) is 32.0 Å². The number of nitrogens with zero attached hydrogens (tertiary/aromatic N) is 7. The summed E-state index contributed by atoms with van der Waals surface area (Å²) in [6, 6.07) is 9.01. The Bertz CT molecular complexity index is 1460. The maximum absolute atomic E-state index is 12.5. The van der Waals surface area contributed by atoms with Crippen LogP contribution in [0.3, 0.4) is 0 Å². The van der Waals surface area contributed by atoms with Crippen molar-refractivity contribution in [2.45, 2.75) is 59.2 Å². The standard InChI is InChI=1S/C27H35N7O3Si/c1-18(2)23-15-37-27(35)34(23)24-9-10-33-26(30-24)22(14-29-33)20-7-8-21(19(3)13-20)25-28-16-32(31-25)17-36-11-12-38(4,5)6/h7-10,13-14,16,18,23H,11-12,15,17H2,1-6H3/t23-/m1/s1. The van der Waals surface area contributed by atoms with E-state index in [1.165, 1.54) is 0 Å². The number of cyclic esters (lactones) is 1. The van der Waals surface area contributed by atoms with Crippen molar-refractivity contribution in [3.63, 3.8) is 0 Å². The van der Waals surface area contributed by atoms with E-state index in [4.69, 9.17) is 14.5 Å². The first kappa shape index (κ1) is 26.1. The predicted molar refractivity (Wildman–Crippen MR) is 149 cm³/mol. The SMILES string of the molecule is Cc1cc(-c2cnn3ccc(N4C(=O)OC[C@@H]4C(C)C)nc23)ccc1-c1ncn(COCC[Si](C)(C)C)n1. The van der Waals surface area contributed by atoms with Crippen LogP contribution in [0.2, 0.25) is 25.7 Å². The number of hydrogen-bond acceptors (Lipinski definition) is 7. The first-order valence-electron chi connectivity index (χ1n) is 13.0. The molecule has 1 fully saturated rings. The summed E-state index contributed by atoms with van der Waals surface area (Å²) in [6.45, 7) is 14.7. The van der Waals surface area contributed by atoms with E-state index in [1.807, 2.05) is 25.3 Å². The monoisotopic (exact) mass is 533 g/mol. The second-order valence-corrected chi connectivity index (χ2v) is 17.0. The van der Waals surface area contributed by atoms with E-state index in [0.717, 1.165) is 34.9 Å². The average Bonchev–Trinajstić information content (AvgIpc) is 3.59. The molecule has 0 radical (unpaired) electrons. The molecule has 10 nitrogen and oxygen atoms in total. The molecular weight excluding hydrogens is 498 g/mol. The Labute approximate surface area is 223 Å². The molecule has 38 heavy (non-hydrogen) atoms. The van der Waals surface area contributed by atoms with Gasteiger partial charge in [0.15, 0.2) is 11.5 Å². The van der Waals surface area contributed by atoms with Crippen LogP contribution in [0.5, 0.6) is 0 Å². The second-order valence-electron chi connectivity index (χ2n) is 11.4. The Balaban J connectivity index is 1.37. The van der Waals surface area contributed by atoms with Gasteiger partial charge in [-0.2, -0.15) is 5.10 Å². The third-order valence-electron chi connectivity index (χ3n) is 6.81. The second kappa shape index (κ2) is 10.3. The van der Waals surface area contributed by atoms with Gasteiger partial charge >= 0.3 is 6.09 Å². The lowest BCUT2D eigenvalue weighted by molar-refractivity contribution is 0.0785. The molecule has 4 heterocycles. The summed E-state index contributed by atoms with van der Waals surface area (Å²) in [5.41, 5.74) is 4.53. The highest BCUT2D eigenvalue weighted by atomic mass is 28.3. The number of anilines is 1. The molecule has 1 atom stereocenters. The highest BCUT2D eigenvalue weighted by Crippen LogP contribution is 2.31. The van der Waals surface area contributed by atoms with Gasteiger partial charge in [0.25, 0.3) is 0 Å². The van der Waals surface area contributed by atoms with Crippen LogP contribution in [0.1, 0.15) is 19.4 Å². The van der Waals surface area contributed by atoms with E-state index >= 15 is 0 Å². The first-order chi connectivity index (χ1) is 18.1. The summed E-state index contributed by atoms with van der Waals surface area (Å²) < 4.78 is 14.6. The van der Waals surface area contributed by atoms with Gasteiger partial charge in [-0.25, -0.2) is 24.0 Å². The number of carbonyl (C=O) groups excluding carboxylic acids is 1. The van der Waals surface area contributed by atoms with Gasteiger partial charge in [0.2, 0.25) is 0 Å². The normalized spacial score (nSPS) is 16.1. The quantitative estimate of drug-likeness (QED) is 0.214. The van der Waals surface area contributed by atoms with Crippen molar-refractivity contribution in [3.8, 4) is 22.5 Å². The van der Waals surface area contributed by atoms with Crippen molar-refractivity contribution >= 4 is 25.6 Å². The Hall–Kier alpha value is -3.57. The van der Waals surface area contributed by atoms with Crippen LogP contribution in [0.15, 0.2) is 43.0 Å².